The number of halogens is 1. The minimum Gasteiger partial charge on any atom is -0.394 e. The summed E-state index contributed by atoms with van der Waals surface area (Å²) in [5.74, 6) is 0. The van der Waals surface area contributed by atoms with Crippen molar-refractivity contribution in [1.82, 2.24) is 10.2 Å². The molecule has 94 valence electrons. The molecule has 0 saturated heterocycles. The summed E-state index contributed by atoms with van der Waals surface area (Å²) < 4.78 is 1.01. The molecule has 5 heteroatoms. The summed E-state index contributed by atoms with van der Waals surface area (Å²) in [7, 11) is 1.66. The van der Waals surface area contributed by atoms with Crippen LogP contribution in [0.15, 0.2) is 28.7 Å². The second kappa shape index (κ2) is 6.61. The Morgan fingerprint density at radius 2 is 2.06 bits per heavy atom. The molecule has 1 aromatic rings. The van der Waals surface area contributed by atoms with Crippen molar-refractivity contribution in [2.45, 2.75) is 19.5 Å². The Balaban J connectivity index is 2.45. The first-order valence-corrected chi connectivity index (χ1v) is 6.20. The monoisotopic (exact) mass is 300 g/mol. The summed E-state index contributed by atoms with van der Waals surface area (Å²) in [5.41, 5.74) is 1.03. The molecular weight excluding hydrogens is 284 g/mol. The van der Waals surface area contributed by atoms with Gasteiger partial charge in [-0.15, -0.1) is 0 Å². The van der Waals surface area contributed by atoms with Crippen molar-refractivity contribution in [1.29, 1.82) is 0 Å². The van der Waals surface area contributed by atoms with Crippen molar-refractivity contribution in [3.8, 4) is 0 Å². The van der Waals surface area contributed by atoms with Crippen LogP contribution >= 0.6 is 15.9 Å². The number of urea groups is 1. The molecule has 0 spiro atoms. The minimum atomic E-state index is -0.186. The van der Waals surface area contributed by atoms with Gasteiger partial charge in [-0.1, -0.05) is 28.1 Å². The number of nitrogens with one attached hydrogen (secondary N) is 1. The van der Waals surface area contributed by atoms with Gasteiger partial charge in [0.1, 0.15) is 0 Å². The normalized spacial score (nSPS) is 12.0. The summed E-state index contributed by atoms with van der Waals surface area (Å²) in [6.45, 7) is 2.23. The molecule has 0 aliphatic heterocycles. The van der Waals surface area contributed by atoms with E-state index in [9.17, 15) is 4.79 Å². The number of amides is 2. The van der Waals surface area contributed by atoms with Gasteiger partial charge in [0, 0.05) is 18.1 Å². The van der Waals surface area contributed by atoms with Crippen LogP contribution in [0.2, 0.25) is 0 Å². The van der Waals surface area contributed by atoms with E-state index in [1.807, 2.05) is 24.3 Å². The van der Waals surface area contributed by atoms with E-state index in [1.54, 1.807) is 14.0 Å². The average molecular weight is 301 g/mol. The highest BCUT2D eigenvalue weighted by Crippen LogP contribution is 2.10. The Bertz CT molecular complexity index is 367. The molecule has 1 atom stereocenters. The zero-order chi connectivity index (χ0) is 12.8. The molecule has 1 unspecified atom stereocenters. The number of rotatable bonds is 4. The molecule has 4 nitrogen and oxygen atoms in total. The fourth-order valence-electron chi connectivity index (χ4n) is 1.23. The van der Waals surface area contributed by atoms with Crippen molar-refractivity contribution < 1.29 is 9.90 Å². The van der Waals surface area contributed by atoms with Gasteiger partial charge in [0.25, 0.3) is 0 Å². The number of nitrogens with zero attached hydrogens (tertiary/aromatic N) is 1. The molecule has 0 fully saturated rings. The topological polar surface area (TPSA) is 52.6 Å². The number of carbonyl (C=O) groups excluding carboxylic acids is 1. The minimum absolute atomic E-state index is 0.0395. The van der Waals surface area contributed by atoms with Crippen LogP contribution < -0.4 is 5.32 Å². The lowest BCUT2D eigenvalue weighted by Crippen LogP contribution is -2.43. The molecule has 0 radical (unpaired) electrons. The van der Waals surface area contributed by atoms with Crippen molar-refractivity contribution in [2.24, 2.45) is 0 Å². The molecule has 0 aliphatic carbocycles. The van der Waals surface area contributed by atoms with Gasteiger partial charge in [0.2, 0.25) is 0 Å². The molecular formula is C12H17BrN2O2. The van der Waals surface area contributed by atoms with Gasteiger partial charge in [0.05, 0.1) is 12.6 Å². The van der Waals surface area contributed by atoms with Crippen molar-refractivity contribution in [3.05, 3.63) is 34.3 Å². The number of hydrogen-bond acceptors (Lipinski definition) is 2. The number of aliphatic hydroxyl groups excluding tert-OH is 1. The number of aliphatic hydroxyl groups is 1. The third-order valence-corrected chi connectivity index (χ3v) is 3.13. The van der Waals surface area contributed by atoms with Crippen LogP contribution in [0.25, 0.3) is 0 Å². The zero-order valence-corrected chi connectivity index (χ0v) is 11.6. The van der Waals surface area contributed by atoms with Crippen LogP contribution in [0.4, 0.5) is 4.79 Å². The first-order chi connectivity index (χ1) is 8.04. The Morgan fingerprint density at radius 3 is 2.59 bits per heavy atom. The van der Waals surface area contributed by atoms with E-state index in [4.69, 9.17) is 5.11 Å². The predicted octanol–water partition coefficient (Wildman–Crippen LogP) is 1.97. The zero-order valence-electron chi connectivity index (χ0n) is 9.98. The quantitative estimate of drug-likeness (QED) is 0.893. The molecule has 1 rings (SSSR count). The second-order valence-corrected chi connectivity index (χ2v) is 4.84. The van der Waals surface area contributed by atoms with Crippen LogP contribution in [0.1, 0.15) is 12.5 Å². The number of hydrogen-bond donors (Lipinski definition) is 2. The molecule has 2 amide bonds. The van der Waals surface area contributed by atoms with E-state index in [-0.39, 0.29) is 18.7 Å². The van der Waals surface area contributed by atoms with Gasteiger partial charge >= 0.3 is 6.03 Å². The predicted molar refractivity (Wildman–Crippen MR) is 70.7 cm³/mol. The van der Waals surface area contributed by atoms with Gasteiger partial charge in [-0.05, 0) is 24.6 Å². The van der Waals surface area contributed by atoms with E-state index in [1.165, 1.54) is 4.90 Å². The third-order valence-electron chi connectivity index (χ3n) is 2.60. The maximum atomic E-state index is 11.7. The van der Waals surface area contributed by atoms with Crippen LogP contribution in [0, 0.1) is 0 Å². The Hall–Kier alpha value is -1.07. The first kappa shape index (κ1) is 14.0. The molecule has 0 aliphatic rings. The fourth-order valence-corrected chi connectivity index (χ4v) is 1.49. The van der Waals surface area contributed by atoms with Gasteiger partial charge in [-0.2, -0.15) is 0 Å². The molecule has 0 heterocycles. The van der Waals surface area contributed by atoms with Gasteiger partial charge in [-0.3, -0.25) is 0 Å². The Morgan fingerprint density at radius 1 is 1.47 bits per heavy atom. The van der Waals surface area contributed by atoms with Crippen LogP contribution in [0.5, 0.6) is 0 Å². The molecule has 2 N–H and O–H groups in total. The summed E-state index contributed by atoms with van der Waals surface area (Å²) in [6.07, 6.45) is 0. The van der Waals surface area contributed by atoms with E-state index >= 15 is 0 Å². The Kier molecular flexibility index (Phi) is 5.44. The van der Waals surface area contributed by atoms with Gasteiger partial charge < -0.3 is 15.3 Å². The molecule has 0 aromatic heterocycles. The Labute approximate surface area is 110 Å². The molecule has 1 aromatic carbocycles. The summed E-state index contributed by atoms with van der Waals surface area (Å²) in [4.78, 5) is 13.2. The van der Waals surface area contributed by atoms with Crippen LogP contribution in [0.3, 0.4) is 0 Å². The van der Waals surface area contributed by atoms with Crippen molar-refractivity contribution >= 4 is 22.0 Å². The van der Waals surface area contributed by atoms with Gasteiger partial charge in [0.15, 0.2) is 0 Å². The second-order valence-electron chi connectivity index (χ2n) is 3.93. The molecule has 0 bridgehead atoms. The fraction of sp³-hybridized carbons (Fsp3) is 0.417. The average Bonchev–Trinajstić information content (AvgIpc) is 2.35. The molecule has 17 heavy (non-hydrogen) atoms. The SMILES string of the molecule is CC(CO)N(C)C(=O)NCc1ccc(Br)cc1. The third kappa shape index (κ3) is 4.36. The standard InChI is InChI=1S/C12H17BrN2O2/c1-9(8-16)15(2)12(17)14-7-10-3-5-11(13)6-4-10/h3-6,9,16H,7-8H2,1-2H3,(H,14,17). The molecule has 0 saturated carbocycles. The maximum absolute atomic E-state index is 11.7. The van der Waals surface area contributed by atoms with Gasteiger partial charge in [-0.25, -0.2) is 4.79 Å². The summed E-state index contributed by atoms with van der Waals surface area (Å²) in [6, 6.07) is 7.39. The highest BCUT2D eigenvalue weighted by Gasteiger charge is 2.13. The smallest absolute Gasteiger partial charge is 0.317 e. The van der Waals surface area contributed by atoms with Crippen molar-refractivity contribution in [3.63, 3.8) is 0 Å². The number of benzene rings is 1. The maximum Gasteiger partial charge on any atom is 0.317 e. The lowest BCUT2D eigenvalue weighted by Gasteiger charge is -2.23. The summed E-state index contributed by atoms with van der Waals surface area (Å²) >= 11 is 3.35. The van der Waals surface area contributed by atoms with E-state index < -0.39 is 0 Å². The number of carbonyl (C=O) groups is 1. The highest BCUT2D eigenvalue weighted by molar-refractivity contribution is 9.10. The van der Waals surface area contributed by atoms with Crippen LogP contribution in [-0.4, -0.2) is 35.7 Å². The lowest BCUT2D eigenvalue weighted by molar-refractivity contribution is 0.157. The largest absolute Gasteiger partial charge is 0.394 e. The van der Waals surface area contributed by atoms with E-state index in [0.717, 1.165) is 10.0 Å². The lowest BCUT2D eigenvalue weighted by atomic mass is 10.2. The van der Waals surface area contributed by atoms with E-state index in [0.29, 0.717) is 6.54 Å². The first-order valence-electron chi connectivity index (χ1n) is 5.40. The van der Waals surface area contributed by atoms with E-state index in [2.05, 4.69) is 21.2 Å². The number of likely N-dealkylation sites (N-methyl/N-ethyl adjacent to an activating group) is 1. The van der Waals surface area contributed by atoms with Crippen molar-refractivity contribution in [2.75, 3.05) is 13.7 Å². The summed E-state index contributed by atoms with van der Waals surface area (Å²) in [5, 5.41) is 11.7. The highest BCUT2D eigenvalue weighted by atomic mass is 79.9. The van der Waals surface area contributed by atoms with Crippen LogP contribution in [-0.2, 0) is 6.54 Å².